The Bertz CT molecular complexity index is 543. The normalized spacial score (nSPS) is 10.9. The van der Waals surface area contributed by atoms with Crippen molar-refractivity contribution in [2.24, 2.45) is 5.73 Å². The van der Waals surface area contributed by atoms with E-state index < -0.39 is 5.97 Å². The topological polar surface area (TPSA) is 68.2 Å². The van der Waals surface area contributed by atoms with E-state index in [1.165, 1.54) is 0 Å². The Morgan fingerprint density at radius 1 is 1.50 bits per heavy atom. The zero-order valence-corrected chi connectivity index (χ0v) is 9.10. The highest BCUT2D eigenvalue weighted by Crippen LogP contribution is 2.22. The predicted molar refractivity (Wildman–Crippen MR) is 62.7 cm³/mol. The van der Waals surface area contributed by atoms with Crippen molar-refractivity contribution in [3.05, 3.63) is 35.5 Å². The monoisotopic (exact) mass is 218 g/mol. The Labute approximate surface area is 93.3 Å². The third-order valence-electron chi connectivity index (χ3n) is 2.67. The standard InChI is InChI=1S/C12H14N2O2/c1-8-6-10(12(15)16)7-9-2-4-14(5-3-13)11(8)9/h2,4,6-7H,3,5,13H2,1H3,(H,15,16). The molecule has 0 bridgehead atoms. The predicted octanol–water partition coefficient (Wildman–Crippen LogP) is 1.61. The Kier molecular flexibility index (Phi) is 2.66. The van der Waals surface area contributed by atoms with Gasteiger partial charge >= 0.3 is 5.97 Å². The van der Waals surface area contributed by atoms with Gasteiger partial charge in [-0.15, -0.1) is 0 Å². The van der Waals surface area contributed by atoms with Crippen LogP contribution in [-0.4, -0.2) is 22.2 Å². The van der Waals surface area contributed by atoms with Gasteiger partial charge in [0.2, 0.25) is 0 Å². The summed E-state index contributed by atoms with van der Waals surface area (Å²) in [5.41, 5.74) is 7.88. The molecule has 2 rings (SSSR count). The average Bonchev–Trinajstić information content (AvgIpc) is 2.62. The van der Waals surface area contributed by atoms with Crippen LogP contribution in [0.1, 0.15) is 15.9 Å². The lowest BCUT2D eigenvalue weighted by Gasteiger charge is -2.06. The fraction of sp³-hybridized carbons (Fsp3) is 0.250. The zero-order valence-electron chi connectivity index (χ0n) is 9.10. The molecule has 0 saturated carbocycles. The van der Waals surface area contributed by atoms with E-state index in [1.807, 2.05) is 19.2 Å². The lowest BCUT2D eigenvalue weighted by molar-refractivity contribution is 0.0697. The van der Waals surface area contributed by atoms with Crippen LogP contribution >= 0.6 is 0 Å². The molecule has 0 fully saturated rings. The summed E-state index contributed by atoms with van der Waals surface area (Å²) in [7, 11) is 0. The molecule has 0 atom stereocenters. The molecule has 1 heterocycles. The highest BCUT2D eigenvalue weighted by Gasteiger charge is 2.09. The van der Waals surface area contributed by atoms with Crippen molar-refractivity contribution in [1.29, 1.82) is 0 Å². The Hall–Kier alpha value is -1.81. The first-order chi connectivity index (χ1) is 7.63. The smallest absolute Gasteiger partial charge is 0.335 e. The summed E-state index contributed by atoms with van der Waals surface area (Å²) in [6.45, 7) is 3.24. The van der Waals surface area contributed by atoms with E-state index in [4.69, 9.17) is 10.8 Å². The number of hydrogen-bond acceptors (Lipinski definition) is 2. The summed E-state index contributed by atoms with van der Waals surface area (Å²) < 4.78 is 2.05. The highest BCUT2D eigenvalue weighted by molar-refractivity contribution is 5.95. The molecule has 0 aliphatic carbocycles. The van der Waals surface area contributed by atoms with E-state index >= 15 is 0 Å². The lowest BCUT2D eigenvalue weighted by Crippen LogP contribution is -2.09. The second-order valence-electron chi connectivity index (χ2n) is 3.83. The van der Waals surface area contributed by atoms with Gasteiger partial charge in [0, 0.05) is 24.7 Å². The van der Waals surface area contributed by atoms with Gasteiger partial charge in [-0.25, -0.2) is 4.79 Å². The van der Waals surface area contributed by atoms with Crippen molar-refractivity contribution >= 4 is 16.9 Å². The van der Waals surface area contributed by atoms with Crippen molar-refractivity contribution in [3.8, 4) is 0 Å². The number of fused-ring (bicyclic) bond motifs is 1. The molecule has 1 aromatic heterocycles. The number of rotatable bonds is 3. The largest absolute Gasteiger partial charge is 0.478 e. The molecule has 4 heteroatoms. The van der Waals surface area contributed by atoms with Crippen LogP contribution < -0.4 is 5.73 Å². The molecular formula is C12H14N2O2. The molecule has 0 aliphatic rings. The summed E-state index contributed by atoms with van der Waals surface area (Å²) in [5.74, 6) is -0.892. The SMILES string of the molecule is Cc1cc(C(=O)O)cc2ccn(CCN)c12. The fourth-order valence-corrected chi connectivity index (χ4v) is 2.02. The molecule has 1 aromatic carbocycles. The van der Waals surface area contributed by atoms with Crippen molar-refractivity contribution in [2.75, 3.05) is 6.54 Å². The number of carboxylic acid groups (broad SMARTS) is 1. The quantitative estimate of drug-likeness (QED) is 0.822. The van der Waals surface area contributed by atoms with Gasteiger partial charge in [-0.2, -0.15) is 0 Å². The summed E-state index contributed by atoms with van der Waals surface area (Å²) in [6, 6.07) is 5.31. The molecule has 0 radical (unpaired) electrons. The van der Waals surface area contributed by atoms with Crippen LogP contribution in [0.2, 0.25) is 0 Å². The minimum Gasteiger partial charge on any atom is -0.478 e. The van der Waals surface area contributed by atoms with Crippen LogP contribution in [0.25, 0.3) is 10.9 Å². The van der Waals surface area contributed by atoms with Crippen molar-refractivity contribution < 1.29 is 9.90 Å². The molecule has 0 amide bonds. The van der Waals surface area contributed by atoms with Crippen molar-refractivity contribution in [2.45, 2.75) is 13.5 Å². The maximum atomic E-state index is 10.9. The number of carbonyl (C=O) groups is 1. The van der Waals surface area contributed by atoms with E-state index in [1.54, 1.807) is 12.1 Å². The minimum atomic E-state index is -0.892. The maximum Gasteiger partial charge on any atom is 0.335 e. The lowest BCUT2D eigenvalue weighted by atomic mass is 10.1. The number of carboxylic acids is 1. The van der Waals surface area contributed by atoms with Gasteiger partial charge in [-0.3, -0.25) is 0 Å². The van der Waals surface area contributed by atoms with Crippen LogP contribution in [-0.2, 0) is 6.54 Å². The van der Waals surface area contributed by atoms with Crippen LogP contribution in [0.4, 0.5) is 0 Å². The number of nitrogens with two attached hydrogens (primary N) is 1. The maximum absolute atomic E-state index is 10.9. The van der Waals surface area contributed by atoms with Crippen molar-refractivity contribution in [3.63, 3.8) is 0 Å². The average molecular weight is 218 g/mol. The molecule has 0 spiro atoms. The molecule has 3 N–H and O–H groups in total. The molecule has 0 saturated heterocycles. The van der Waals surface area contributed by atoms with Crippen LogP contribution in [0, 0.1) is 6.92 Å². The highest BCUT2D eigenvalue weighted by atomic mass is 16.4. The Balaban J connectivity index is 2.64. The molecule has 4 nitrogen and oxygen atoms in total. The van der Waals surface area contributed by atoms with E-state index in [2.05, 4.69) is 4.57 Å². The van der Waals surface area contributed by atoms with E-state index in [9.17, 15) is 4.79 Å². The number of aryl methyl sites for hydroxylation is 1. The number of hydrogen-bond donors (Lipinski definition) is 2. The van der Waals surface area contributed by atoms with E-state index in [0.717, 1.165) is 23.0 Å². The van der Waals surface area contributed by atoms with Gasteiger partial charge in [0.05, 0.1) is 11.1 Å². The van der Waals surface area contributed by atoms with Crippen LogP contribution in [0.15, 0.2) is 24.4 Å². The zero-order chi connectivity index (χ0) is 11.7. The third kappa shape index (κ3) is 1.67. The molecule has 16 heavy (non-hydrogen) atoms. The van der Waals surface area contributed by atoms with Gasteiger partial charge in [-0.1, -0.05) is 0 Å². The minimum absolute atomic E-state index is 0.329. The third-order valence-corrected chi connectivity index (χ3v) is 2.67. The van der Waals surface area contributed by atoms with Gasteiger partial charge in [0.1, 0.15) is 0 Å². The first-order valence-corrected chi connectivity index (χ1v) is 5.16. The summed E-state index contributed by atoms with van der Waals surface area (Å²) in [4.78, 5) is 10.9. The summed E-state index contributed by atoms with van der Waals surface area (Å²) >= 11 is 0. The van der Waals surface area contributed by atoms with Crippen molar-refractivity contribution in [1.82, 2.24) is 4.57 Å². The van der Waals surface area contributed by atoms with E-state index in [0.29, 0.717) is 12.1 Å². The van der Waals surface area contributed by atoms with Crippen LogP contribution in [0.3, 0.4) is 0 Å². The summed E-state index contributed by atoms with van der Waals surface area (Å²) in [6.07, 6.45) is 1.94. The Morgan fingerprint density at radius 2 is 2.25 bits per heavy atom. The number of aromatic carboxylic acids is 1. The Morgan fingerprint density at radius 3 is 2.88 bits per heavy atom. The van der Waals surface area contributed by atoms with Gasteiger partial charge in [-0.05, 0) is 30.7 Å². The van der Waals surface area contributed by atoms with E-state index in [-0.39, 0.29) is 0 Å². The molecule has 84 valence electrons. The number of aromatic nitrogens is 1. The molecule has 0 aliphatic heterocycles. The fourth-order valence-electron chi connectivity index (χ4n) is 2.02. The molecule has 2 aromatic rings. The second-order valence-corrected chi connectivity index (χ2v) is 3.83. The number of nitrogens with zero attached hydrogens (tertiary/aromatic N) is 1. The molecule has 0 unspecified atom stereocenters. The first kappa shape index (κ1) is 10.7. The van der Waals surface area contributed by atoms with Gasteiger partial charge < -0.3 is 15.4 Å². The van der Waals surface area contributed by atoms with Gasteiger partial charge in [0.15, 0.2) is 0 Å². The molecular weight excluding hydrogens is 204 g/mol. The number of benzene rings is 1. The summed E-state index contributed by atoms with van der Waals surface area (Å²) in [5, 5.41) is 9.90. The van der Waals surface area contributed by atoms with Gasteiger partial charge in [0.25, 0.3) is 0 Å². The second kappa shape index (κ2) is 3.98. The first-order valence-electron chi connectivity index (χ1n) is 5.16. The van der Waals surface area contributed by atoms with Crippen LogP contribution in [0.5, 0.6) is 0 Å².